The third-order valence-corrected chi connectivity index (χ3v) is 1.91. The van der Waals surface area contributed by atoms with Gasteiger partial charge in [-0.2, -0.15) is 0 Å². The molecule has 0 saturated heterocycles. The molecule has 0 fully saturated rings. The Bertz CT molecular complexity index is 290. The summed E-state index contributed by atoms with van der Waals surface area (Å²) in [6.07, 6.45) is 1.70. The quantitative estimate of drug-likeness (QED) is 0.523. The Morgan fingerprint density at radius 1 is 1.33 bits per heavy atom. The molecule has 0 aliphatic rings. The molecule has 0 amide bonds. The van der Waals surface area contributed by atoms with Crippen molar-refractivity contribution < 1.29 is 0 Å². The van der Waals surface area contributed by atoms with Crippen molar-refractivity contribution in [3.8, 4) is 0 Å². The fourth-order valence-corrected chi connectivity index (χ4v) is 1.01. The lowest BCUT2D eigenvalue weighted by Crippen LogP contribution is -1.99. The van der Waals surface area contributed by atoms with Crippen LogP contribution in [0.15, 0.2) is 23.2 Å². The number of benzene rings is 1. The Morgan fingerprint density at radius 2 is 2.08 bits per heavy atom. The lowest BCUT2D eigenvalue weighted by molar-refractivity contribution is 1.20. The Balaban J connectivity index is 3.00. The predicted molar refractivity (Wildman–Crippen MR) is 53.1 cm³/mol. The Hall–Kier alpha value is -1.31. The zero-order valence-electron chi connectivity index (χ0n) is 7.76. The van der Waals surface area contributed by atoms with Crippen molar-refractivity contribution in [2.75, 3.05) is 7.05 Å². The van der Waals surface area contributed by atoms with Gasteiger partial charge >= 0.3 is 0 Å². The molecule has 0 aromatic heterocycles. The molecule has 0 saturated carbocycles. The lowest BCUT2D eigenvalue weighted by atomic mass is 10.1. The Kier molecular flexibility index (Phi) is 2.86. The van der Waals surface area contributed by atoms with Crippen LogP contribution in [0.2, 0.25) is 0 Å². The zero-order chi connectivity index (χ0) is 8.97. The summed E-state index contributed by atoms with van der Waals surface area (Å²) in [7, 11) is 1.84. The standard InChI is InChI=1S/C10H14N2/c1-8-5-4-6-10(9(8)2)12-7-11-3/h4-7H,1-3H3,(H,11,12). The van der Waals surface area contributed by atoms with E-state index in [1.54, 1.807) is 6.34 Å². The lowest BCUT2D eigenvalue weighted by Gasteiger charge is -2.02. The van der Waals surface area contributed by atoms with E-state index < -0.39 is 0 Å². The molecule has 12 heavy (non-hydrogen) atoms. The highest BCUT2D eigenvalue weighted by Crippen LogP contribution is 2.20. The highest BCUT2D eigenvalue weighted by atomic mass is 14.9. The molecule has 0 aliphatic carbocycles. The first-order valence-corrected chi connectivity index (χ1v) is 4.01. The van der Waals surface area contributed by atoms with Gasteiger partial charge in [0, 0.05) is 7.05 Å². The van der Waals surface area contributed by atoms with E-state index in [1.807, 2.05) is 19.2 Å². The summed E-state index contributed by atoms with van der Waals surface area (Å²) in [6, 6.07) is 6.12. The third kappa shape index (κ3) is 1.84. The SMILES string of the molecule is CNC=Nc1cccc(C)c1C. The van der Waals surface area contributed by atoms with Crippen LogP contribution in [0.5, 0.6) is 0 Å². The molecule has 64 valence electrons. The molecule has 1 aromatic rings. The molecule has 2 nitrogen and oxygen atoms in total. The summed E-state index contributed by atoms with van der Waals surface area (Å²) in [5, 5.41) is 2.87. The van der Waals surface area contributed by atoms with Crippen LogP contribution in [-0.2, 0) is 0 Å². The number of hydrogen-bond donors (Lipinski definition) is 1. The van der Waals surface area contributed by atoms with Crippen molar-refractivity contribution in [1.82, 2.24) is 5.32 Å². The van der Waals surface area contributed by atoms with Gasteiger partial charge in [-0.3, -0.25) is 0 Å². The molecule has 0 heterocycles. The molecule has 1 aromatic carbocycles. The number of nitrogens with one attached hydrogen (secondary N) is 1. The first-order valence-electron chi connectivity index (χ1n) is 4.01. The number of aliphatic imine (C=N–C) groups is 1. The maximum absolute atomic E-state index is 4.25. The van der Waals surface area contributed by atoms with E-state index >= 15 is 0 Å². The van der Waals surface area contributed by atoms with Crippen molar-refractivity contribution in [1.29, 1.82) is 0 Å². The summed E-state index contributed by atoms with van der Waals surface area (Å²) in [5.41, 5.74) is 3.55. The van der Waals surface area contributed by atoms with Gasteiger partial charge in [-0.05, 0) is 31.0 Å². The van der Waals surface area contributed by atoms with Gasteiger partial charge in [0.1, 0.15) is 0 Å². The van der Waals surface area contributed by atoms with Gasteiger partial charge < -0.3 is 5.32 Å². The van der Waals surface area contributed by atoms with Crippen LogP contribution in [-0.4, -0.2) is 13.4 Å². The van der Waals surface area contributed by atoms with Gasteiger partial charge in [-0.15, -0.1) is 0 Å². The van der Waals surface area contributed by atoms with Crippen molar-refractivity contribution in [3.05, 3.63) is 29.3 Å². The van der Waals surface area contributed by atoms with Crippen LogP contribution in [0.3, 0.4) is 0 Å². The Morgan fingerprint density at radius 3 is 2.75 bits per heavy atom. The molecular formula is C10H14N2. The fraction of sp³-hybridized carbons (Fsp3) is 0.300. The van der Waals surface area contributed by atoms with E-state index in [4.69, 9.17) is 0 Å². The number of aryl methyl sites for hydroxylation is 1. The monoisotopic (exact) mass is 162 g/mol. The van der Waals surface area contributed by atoms with E-state index in [2.05, 4.69) is 30.2 Å². The van der Waals surface area contributed by atoms with Gasteiger partial charge in [-0.25, -0.2) is 4.99 Å². The molecule has 1 N–H and O–H groups in total. The van der Waals surface area contributed by atoms with Gasteiger partial charge in [0.2, 0.25) is 0 Å². The van der Waals surface area contributed by atoms with E-state index in [0.717, 1.165) is 5.69 Å². The summed E-state index contributed by atoms with van der Waals surface area (Å²) >= 11 is 0. The minimum Gasteiger partial charge on any atom is -0.379 e. The van der Waals surface area contributed by atoms with E-state index in [9.17, 15) is 0 Å². The van der Waals surface area contributed by atoms with Crippen molar-refractivity contribution in [2.45, 2.75) is 13.8 Å². The van der Waals surface area contributed by atoms with Crippen molar-refractivity contribution in [3.63, 3.8) is 0 Å². The minimum atomic E-state index is 1.03. The molecule has 0 radical (unpaired) electrons. The zero-order valence-corrected chi connectivity index (χ0v) is 7.76. The topological polar surface area (TPSA) is 24.4 Å². The molecule has 1 rings (SSSR count). The second kappa shape index (κ2) is 3.90. The minimum absolute atomic E-state index is 1.03. The number of nitrogens with zero attached hydrogens (tertiary/aromatic N) is 1. The van der Waals surface area contributed by atoms with Crippen LogP contribution in [0.25, 0.3) is 0 Å². The highest BCUT2D eigenvalue weighted by Gasteiger charge is 1.96. The summed E-state index contributed by atoms with van der Waals surface area (Å²) < 4.78 is 0. The molecule has 0 bridgehead atoms. The largest absolute Gasteiger partial charge is 0.379 e. The fourth-order valence-electron chi connectivity index (χ4n) is 1.01. The average Bonchev–Trinajstić information content (AvgIpc) is 2.08. The van der Waals surface area contributed by atoms with Crippen LogP contribution >= 0.6 is 0 Å². The first-order chi connectivity index (χ1) is 5.75. The average molecular weight is 162 g/mol. The molecule has 0 spiro atoms. The van der Waals surface area contributed by atoms with Crippen LogP contribution in [0.4, 0.5) is 5.69 Å². The van der Waals surface area contributed by atoms with Crippen LogP contribution < -0.4 is 5.32 Å². The summed E-state index contributed by atoms with van der Waals surface area (Å²) in [6.45, 7) is 4.17. The van der Waals surface area contributed by atoms with Crippen LogP contribution in [0.1, 0.15) is 11.1 Å². The van der Waals surface area contributed by atoms with Gasteiger partial charge in [0.25, 0.3) is 0 Å². The van der Waals surface area contributed by atoms with Gasteiger partial charge in [0.05, 0.1) is 12.0 Å². The maximum atomic E-state index is 4.25. The van der Waals surface area contributed by atoms with Crippen molar-refractivity contribution >= 4 is 12.0 Å². The maximum Gasteiger partial charge on any atom is 0.0883 e. The van der Waals surface area contributed by atoms with Gasteiger partial charge in [0.15, 0.2) is 0 Å². The number of rotatable bonds is 2. The second-order valence-electron chi connectivity index (χ2n) is 2.77. The van der Waals surface area contributed by atoms with Gasteiger partial charge in [-0.1, -0.05) is 12.1 Å². The third-order valence-electron chi connectivity index (χ3n) is 1.91. The van der Waals surface area contributed by atoms with E-state index in [1.165, 1.54) is 11.1 Å². The van der Waals surface area contributed by atoms with E-state index in [0.29, 0.717) is 0 Å². The predicted octanol–water partition coefficient (Wildman–Crippen LogP) is 2.18. The summed E-state index contributed by atoms with van der Waals surface area (Å²) in [5.74, 6) is 0. The number of hydrogen-bond acceptors (Lipinski definition) is 1. The molecule has 0 unspecified atom stereocenters. The van der Waals surface area contributed by atoms with Crippen molar-refractivity contribution in [2.24, 2.45) is 4.99 Å². The summed E-state index contributed by atoms with van der Waals surface area (Å²) in [4.78, 5) is 4.25. The second-order valence-corrected chi connectivity index (χ2v) is 2.77. The first kappa shape index (κ1) is 8.78. The molecule has 0 atom stereocenters. The smallest absolute Gasteiger partial charge is 0.0883 e. The molecule has 2 heteroatoms. The molecular weight excluding hydrogens is 148 g/mol. The normalized spacial score (nSPS) is 10.6. The highest BCUT2D eigenvalue weighted by molar-refractivity contribution is 5.63. The molecule has 0 aliphatic heterocycles. The van der Waals surface area contributed by atoms with E-state index in [-0.39, 0.29) is 0 Å². The van der Waals surface area contributed by atoms with Crippen LogP contribution in [0, 0.1) is 13.8 Å². The Labute approximate surface area is 73.3 Å².